The van der Waals surface area contributed by atoms with Crippen molar-refractivity contribution in [2.75, 3.05) is 0 Å². The van der Waals surface area contributed by atoms with E-state index < -0.39 is 0 Å². The fourth-order valence-electron chi connectivity index (χ4n) is 7.48. The molecule has 0 saturated carbocycles. The normalized spacial score (nSPS) is 12.0. The molecule has 1 heteroatoms. The molecule has 0 unspecified atom stereocenters. The maximum atomic E-state index is 6.73. The highest BCUT2D eigenvalue weighted by Crippen LogP contribution is 2.45. The van der Waals surface area contributed by atoms with Crippen molar-refractivity contribution >= 4 is 75.8 Å². The molecule has 0 amide bonds. The van der Waals surface area contributed by atoms with E-state index in [-0.39, 0.29) is 0 Å². The van der Waals surface area contributed by atoms with Gasteiger partial charge in [-0.1, -0.05) is 121 Å². The number of benzene rings is 9. The summed E-state index contributed by atoms with van der Waals surface area (Å²) < 4.78 is 6.73. The Labute approximate surface area is 259 Å². The van der Waals surface area contributed by atoms with Gasteiger partial charge in [0.1, 0.15) is 11.2 Å². The fourth-order valence-corrected chi connectivity index (χ4v) is 7.48. The summed E-state index contributed by atoms with van der Waals surface area (Å²) in [7, 11) is 0. The highest BCUT2D eigenvalue weighted by Gasteiger charge is 2.19. The van der Waals surface area contributed by atoms with E-state index in [1.54, 1.807) is 0 Å². The number of furan rings is 1. The molecule has 0 aliphatic heterocycles. The molecule has 0 bridgehead atoms. The summed E-state index contributed by atoms with van der Waals surface area (Å²) in [5, 5.41) is 14.7. The Bertz CT molecular complexity index is 2820. The van der Waals surface area contributed by atoms with Crippen LogP contribution in [0.1, 0.15) is 0 Å². The molecule has 0 spiro atoms. The summed E-state index contributed by atoms with van der Waals surface area (Å²) in [6, 6.07) is 57.3. The molecule has 1 aromatic heterocycles. The first kappa shape index (κ1) is 24.5. The van der Waals surface area contributed by atoms with Crippen molar-refractivity contribution in [3.63, 3.8) is 0 Å². The van der Waals surface area contributed by atoms with Crippen LogP contribution < -0.4 is 0 Å². The van der Waals surface area contributed by atoms with Crippen LogP contribution in [0, 0.1) is 0 Å². The molecule has 0 radical (unpaired) electrons. The van der Waals surface area contributed by atoms with Crippen molar-refractivity contribution in [2.24, 2.45) is 0 Å². The maximum absolute atomic E-state index is 6.73. The lowest BCUT2D eigenvalue weighted by Gasteiger charge is -2.15. The number of fused-ring (bicyclic) bond motifs is 10. The van der Waals surface area contributed by atoms with E-state index >= 15 is 0 Å². The zero-order chi connectivity index (χ0) is 29.5. The van der Waals surface area contributed by atoms with Crippen LogP contribution in [0.4, 0.5) is 0 Å². The summed E-state index contributed by atoms with van der Waals surface area (Å²) in [5.74, 6) is 0. The van der Waals surface area contributed by atoms with Crippen molar-refractivity contribution in [3.05, 3.63) is 158 Å². The maximum Gasteiger partial charge on any atom is 0.143 e. The van der Waals surface area contributed by atoms with E-state index in [1.807, 2.05) is 0 Å². The molecule has 9 aromatic carbocycles. The summed E-state index contributed by atoms with van der Waals surface area (Å²) >= 11 is 0. The van der Waals surface area contributed by atoms with Crippen molar-refractivity contribution < 1.29 is 4.42 Å². The van der Waals surface area contributed by atoms with E-state index in [1.165, 1.54) is 76.1 Å². The summed E-state index contributed by atoms with van der Waals surface area (Å²) in [5.41, 5.74) is 6.74. The van der Waals surface area contributed by atoms with Crippen LogP contribution in [0.5, 0.6) is 0 Å². The molecule has 208 valence electrons. The smallest absolute Gasteiger partial charge is 0.143 e. The second kappa shape index (κ2) is 9.29. The molecule has 10 aromatic rings. The zero-order valence-corrected chi connectivity index (χ0v) is 24.4. The monoisotopic (exact) mass is 570 g/mol. The van der Waals surface area contributed by atoms with Crippen LogP contribution in [0.3, 0.4) is 0 Å². The van der Waals surface area contributed by atoms with Crippen LogP contribution in [0.25, 0.3) is 98.1 Å². The molecule has 0 aliphatic rings. The number of rotatable bonds is 2. The average molecular weight is 571 g/mol. The van der Waals surface area contributed by atoms with Gasteiger partial charge in [0, 0.05) is 16.2 Å². The Morgan fingerprint density at radius 1 is 0.333 bits per heavy atom. The lowest BCUT2D eigenvalue weighted by molar-refractivity contribution is 0.673. The summed E-state index contributed by atoms with van der Waals surface area (Å²) in [6.07, 6.45) is 0. The molecule has 0 aliphatic carbocycles. The van der Waals surface area contributed by atoms with E-state index in [9.17, 15) is 0 Å². The van der Waals surface area contributed by atoms with Gasteiger partial charge in [0.25, 0.3) is 0 Å². The Kier molecular flexibility index (Phi) is 5.06. The van der Waals surface area contributed by atoms with Crippen molar-refractivity contribution in [1.29, 1.82) is 0 Å². The van der Waals surface area contributed by atoms with E-state index in [2.05, 4.69) is 158 Å². The van der Waals surface area contributed by atoms with Crippen LogP contribution in [-0.4, -0.2) is 0 Å². The highest BCUT2D eigenvalue weighted by atomic mass is 16.3. The SMILES string of the molecule is c1ccc2cc(-c3ccc4c(ccc5c4oc4cccc(-c6c7ccccc7cc7c6ccc6ccccc67)c45)c3)ccc2c1. The third-order valence-corrected chi connectivity index (χ3v) is 9.60. The predicted octanol–water partition coefficient (Wildman–Crippen LogP) is 12.7. The van der Waals surface area contributed by atoms with Gasteiger partial charge in [0.05, 0.1) is 0 Å². The lowest BCUT2D eigenvalue weighted by Crippen LogP contribution is -1.88. The minimum absolute atomic E-state index is 0.912. The molecular formula is C44H26O. The average Bonchev–Trinajstić information content (AvgIpc) is 3.50. The third-order valence-electron chi connectivity index (χ3n) is 9.60. The first-order chi connectivity index (χ1) is 22.3. The zero-order valence-electron chi connectivity index (χ0n) is 24.4. The van der Waals surface area contributed by atoms with Gasteiger partial charge in [-0.25, -0.2) is 0 Å². The van der Waals surface area contributed by atoms with Crippen molar-refractivity contribution in [1.82, 2.24) is 0 Å². The molecule has 1 heterocycles. The van der Waals surface area contributed by atoms with Gasteiger partial charge in [-0.3, -0.25) is 0 Å². The van der Waals surface area contributed by atoms with Crippen LogP contribution >= 0.6 is 0 Å². The number of hydrogen-bond acceptors (Lipinski definition) is 1. The standard InChI is InChI=1S/C44H26O/c1-2-10-29-24-30(17-16-27(29)8-1)31-19-21-36-33(25-31)20-23-39-43-38(14-7-15-41(43)45-44(36)39)42-35-13-6-4-11-32(35)26-40-34-12-5-3-9-28(34)18-22-37(40)42/h1-26H. The van der Waals surface area contributed by atoms with Crippen molar-refractivity contribution in [2.45, 2.75) is 0 Å². The minimum Gasteiger partial charge on any atom is -0.455 e. The Balaban J connectivity index is 1.24. The summed E-state index contributed by atoms with van der Waals surface area (Å²) in [6.45, 7) is 0. The highest BCUT2D eigenvalue weighted by molar-refractivity contribution is 6.26. The van der Waals surface area contributed by atoms with Crippen LogP contribution in [-0.2, 0) is 0 Å². The first-order valence-corrected chi connectivity index (χ1v) is 15.5. The van der Waals surface area contributed by atoms with Crippen LogP contribution in [0.2, 0.25) is 0 Å². The molecular weight excluding hydrogens is 544 g/mol. The van der Waals surface area contributed by atoms with E-state index in [0.717, 1.165) is 21.9 Å². The first-order valence-electron chi connectivity index (χ1n) is 15.5. The Morgan fingerprint density at radius 3 is 1.84 bits per heavy atom. The predicted molar refractivity (Wildman–Crippen MR) is 192 cm³/mol. The number of hydrogen-bond donors (Lipinski definition) is 0. The molecule has 45 heavy (non-hydrogen) atoms. The second-order valence-corrected chi connectivity index (χ2v) is 12.1. The Hall–Kier alpha value is -5.92. The van der Waals surface area contributed by atoms with Gasteiger partial charge >= 0.3 is 0 Å². The Morgan fingerprint density at radius 2 is 0.956 bits per heavy atom. The second-order valence-electron chi connectivity index (χ2n) is 12.1. The minimum atomic E-state index is 0.912. The van der Waals surface area contributed by atoms with Crippen LogP contribution in [0.15, 0.2) is 162 Å². The van der Waals surface area contributed by atoms with Gasteiger partial charge in [-0.2, -0.15) is 0 Å². The van der Waals surface area contributed by atoms with E-state index in [4.69, 9.17) is 4.42 Å². The third kappa shape index (κ3) is 3.62. The molecule has 0 atom stereocenters. The molecule has 0 saturated heterocycles. The van der Waals surface area contributed by atoms with Gasteiger partial charge in [-0.15, -0.1) is 0 Å². The largest absolute Gasteiger partial charge is 0.455 e. The van der Waals surface area contributed by atoms with Gasteiger partial charge in [0.2, 0.25) is 0 Å². The molecule has 0 N–H and O–H groups in total. The fraction of sp³-hybridized carbons (Fsp3) is 0. The molecule has 0 fully saturated rings. The topological polar surface area (TPSA) is 13.1 Å². The van der Waals surface area contributed by atoms with E-state index in [0.29, 0.717) is 0 Å². The lowest BCUT2D eigenvalue weighted by atomic mass is 9.88. The summed E-state index contributed by atoms with van der Waals surface area (Å²) in [4.78, 5) is 0. The van der Waals surface area contributed by atoms with Crippen molar-refractivity contribution in [3.8, 4) is 22.3 Å². The molecule has 10 rings (SSSR count). The van der Waals surface area contributed by atoms with Gasteiger partial charge in [-0.05, 0) is 107 Å². The molecule has 1 nitrogen and oxygen atoms in total. The van der Waals surface area contributed by atoms with Gasteiger partial charge in [0.15, 0.2) is 0 Å². The van der Waals surface area contributed by atoms with Gasteiger partial charge < -0.3 is 4.42 Å². The quantitative estimate of drug-likeness (QED) is 0.149.